The van der Waals surface area contributed by atoms with E-state index >= 15 is 0 Å². The zero-order valence-electron chi connectivity index (χ0n) is 16.0. The zero-order chi connectivity index (χ0) is 17.8. The normalized spacial score (nSPS) is 25.7. The lowest BCUT2D eigenvalue weighted by Gasteiger charge is -2.31. The Morgan fingerprint density at radius 3 is 2.31 bits per heavy atom. The minimum Gasteiger partial charge on any atom is -0.425 e. The molecule has 1 unspecified atom stereocenters. The second kappa shape index (κ2) is 8.53. The maximum Gasteiger partial charge on any atom is 0.222 e. The highest BCUT2D eigenvalue weighted by Gasteiger charge is 2.30. The Kier molecular flexibility index (Phi) is 5.91. The summed E-state index contributed by atoms with van der Waals surface area (Å²) in [5, 5.41) is 8.72. The quantitative estimate of drug-likeness (QED) is 0.758. The summed E-state index contributed by atoms with van der Waals surface area (Å²) in [4.78, 5) is 14.7. The van der Waals surface area contributed by atoms with E-state index in [2.05, 4.69) is 10.2 Å². The van der Waals surface area contributed by atoms with Crippen LogP contribution in [-0.4, -0.2) is 34.1 Å². The topological polar surface area (TPSA) is 59.2 Å². The second-order valence-electron chi connectivity index (χ2n) is 8.68. The number of hydrogen-bond donors (Lipinski definition) is 0. The summed E-state index contributed by atoms with van der Waals surface area (Å²) in [6.07, 6.45) is 15.5. The van der Waals surface area contributed by atoms with Crippen molar-refractivity contribution >= 4 is 5.91 Å². The van der Waals surface area contributed by atoms with Gasteiger partial charge in [-0.1, -0.05) is 44.9 Å². The number of amides is 1. The van der Waals surface area contributed by atoms with Crippen LogP contribution >= 0.6 is 0 Å². The van der Waals surface area contributed by atoms with Crippen molar-refractivity contribution < 1.29 is 9.21 Å². The fraction of sp³-hybridized carbons (Fsp3) is 0.857. The fourth-order valence-corrected chi connectivity index (χ4v) is 5.12. The Morgan fingerprint density at radius 2 is 1.54 bits per heavy atom. The smallest absolute Gasteiger partial charge is 0.222 e. The van der Waals surface area contributed by atoms with Crippen molar-refractivity contribution in [1.82, 2.24) is 15.1 Å². The summed E-state index contributed by atoms with van der Waals surface area (Å²) in [5.41, 5.74) is 0. The molecule has 2 heterocycles. The third-order valence-electron chi connectivity index (χ3n) is 6.78. The summed E-state index contributed by atoms with van der Waals surface area (Å²) in [6.45, 7) is 1.65. The Balaban J connectivity index is 1.31. The van der Waals surface area contributed by atoms with Gasteiger partial charge in [0.05, 0.1) is 5.92 Å². The third kappa shape index (κ3) is 4.29. The molecule has 0 radical (unpaired) electrons. The van der Waals surface area contributed by atoms with Crippen LogP contribution in [0.4, 0.5) is 0 Å². The van der Waals surface area contributed by atoms with Gasteiger partial charge in [0.25, 0.3) is 0 Å². The average molecular weight is 360 g/mol. The van der Waals surface area contributed by atoms with Gasteiger partial charge in [0.2, 0.25) is 17.7 Å². The summed E-state index contributed by atoms with van der Waals surface area (Å²) in [6, 6.07) is 0. The predicted molar refractivity (Wildman–Crippen MR) is 99.9 cm³/mol. The van der Waals surface area contributed by atoms with E-state index in [-0.39, 0.29) is 5.92 Å². The minimum absolute atomic E-state index is 0.226. The van der Waals surface area contributed by atoms with Gasteiger partial charge >= 0.3 is 0 Å². The van der Waals surface area contributed by atoms with Crippen molar-refractivity contribution in [2.24, 2.45) is 5.92 Å². The maximum absolute atomic E-state index is 12.6. The standard InChI is InChI=1S/C21H33N3O2/c25-19(13-12-16-7-4-5-8-16)24-14-6-11-18(15-24)21-23-22-20(26-21)17-9-2-1-3-10-17/h16-18H,1-15H2. The van der Waals surface area contributed by atoms with Crippen molar-refractivity contribution in [3.63, 3.8) is 0 Å². The first-order valence-corrected chi connectivity index (χ1v) is 10.9. The van der Waals surface area contributed by atoms with E-state index in [1.807, 2.05) is 4.90 Å². The minimum atomic E-state index is 0.226. The summed E-state index contributed by atoms with van der Waals surface area (Å²) >= 11 is 0. The van der Waals surface area contributed by atoms with Gasteiger partial charge in [-0.15, -0.1) is 10.2 Å². The monoisotopic (exact) mass is 359 g/mol. The maximum atomic E-state index is 12.6. The molecule has 1 saturated heterocycles. The molecular formula is C21H33N3O2. The number of rotatable bonds is 5. The lowest BCUT2D eigenvalue weighted by atomic mass is 9.89. The van der Waals surface area contributed by atoms with Crippen LogP contribution < -0.4 is 0 Å². The van der Waals surface area contributed by atoms with Gasteiger partial charge in [0.1, 0.15) is 0 Å². The highest BCUT2D eigenvalue weighted by atomic mass is 16.4. The predicted octanol–water partition coefficient (Wildman–Crippen LogP) is 4.79. The third-order valence-corrected chi connectivity index (χ3v) is 6.78. The molecule has 5 heteroatoms. The highest BCUT2D eigenvalue weighted by Crippen LogP contribution is 2.34. The molecule has 3 aliphatic rings. The Labute approximate surface area is 156 Å². The molecule has 0 N–H and O–H groups in total. The summed E-state index contributed by atoms with van der Waals surface area (Å²) < 4.78 is 6.07. The fourth-order valence-electron chi connectivity index (χ4n) is 5.12. The van der Waals surface area contributed by atoms with Gasteiger partial charge in [0, 0.05) is 25.4 Å². The van der Waals surface area contributed by atoms with Crippen molar-refractivity contribution in [3.05, 3.63) is 11.8 Å². The van der Waals surface area contributed by atoms with Crippen LogP contribution in [0.2, 0.25) is 0 Å². The SMILES string of the molecule is O=C(CCC1CCCC1)N1CCCC(c2nnc(C3CCCCC3)o2)C1. The molecule has 2 saturated carbocycles. The summed E-state index contributed by atoms with van der Waals surface area (Å²) in [7, 11) is 0. The van der Waals surface area contributed by atoms with Crippen LogP contribution in [0.3, 0.4) is 0 Å². The van der Waals surface area contributed by atoms with Crippen molar-refractivity contribution in [1.29, 1.82) is 0 Å². The van der Waals surface area contributed by atoms with Crippen LogP contribution in [0.15, 0.2) is 4.42 Å². The molecule has 3 fully saturated rings. The van der Waals surface area contributed by atoms with E-state index in [0.29, 0.717) is 18.2 Å². The van der Waals surface area contributed by atoms with E-state index < -0.39 is 0 Å². The van der Waals surface area contributed by atoms with Gasteiger partial charge in [-0.3, -0.25) is 4.79 Å². The number of carbonyl (C=O) groups is 1. The molecule has 4 rings (SSSR count). The Morgan fingerprint density at radius 1 is 0.885 bits per heavy atom. The number of piperidine rings is 1. The Bertz CT molecular complexity index is 588. The van der Waals surface area contributed by atoms with Crippen LogP contribution in [0, 0.1) is 5.92 Å². The molecule has 1 aliphatic heterocycles. The van der Waals surface area contributed by atoms with E-state index in [9.17, 15) is 4.79 Å². The molecule has 144 valence electrons. The molecule has 0 bridgehead atoms. The lowest BCUT2D eigenvalue weighted by Crippen LogP contribution is -2.39. The van der Waals surface area contributed by atoms with E-state index in [1.165, 1.54) is 57.8 Å². The number of carbonyl (C=O) groups excluding carboxylic acids is 1. The number of nitrogens with zero attached hydrogens (tertiary/aromatic N) is 3. The van der Waals surface area contributed by atoms with Crippen LogP contribution in [-0.2, 0) is 4.79 Å². The van der Waals surface area contributed by atoms with Gasteiger partial charge in [-0.05, 0) is 38.0 Å². The number of aromatic nitrogens is 2. The first kappa shape index (κ1) is 18.0. The zero-order valence-corrected chi connectivity index (χ0v) is 16.0. The van der Waals surface area contributed by atoms with Crippen LogP contribution in [0.25, 0.3) is 0 Å². The first-order valence-electron chi connectivity index (χ1n) is 10.9. The molecule has 0 aromatic carbocycles. The first-order chi connectivity index (χ1) is 12.8. The van der Waals surface area contributed by atoms with Gasteiger partial charge in [0.15, 0.2) is 0 Å². The van der Waals surface area contributed by atoms with Crippen molar-refractivity contribution in [2.45, 2.75) is 95.3 Å². The van der Waals surface area contributed by atoms with Gasteiger partial charge in [-0.2, -0.15) is 0 Å². The molecule has 0 spiro atoms. The summed E-state index contributed by atoms with van der Waals surface area (Å²) in [5.74, 6) is 3.40. The van der Waals surface area contributed by atoms with E-state index in [0.717, 1.165) is 50.1 Å². The van der Waals surface area contributed by atoms with Crippen LogP contribution in [0.1, 0.15) is 107 Å². The molecule has 1 atom stereocenters. The van der Waals surface area contributed by atoms with Crippen molar-refractivity contribution in [3.8, 4) is 0 Å². The van der Waals surface area contributed by atoms with Gasteiger partial charge < -0.3 is 9.32 Å². The van der Waals surface area contributed by atoms with Crippen LogP contribution in [0.5, 0.6) is 0 Å². The largest absolute Gasteiger partial charge is 0.425 e. The number of hydrogen-bond acceptors (Lipinski definition) is 4. The average Bonchev–Trinajstić information content (AvgIpc) is 3.39. The second-order valence-corrected chi connectivity index (χ2v) is 8.68. The highest BCUT2D eigenvalue weighted by molar-refractivity contribution is 5.76. The molecule has 1 amide bonds. The lowest BCUT2D eigenvalue weighted by molar-refractivity contribution is -0.132. The molecular weight excluding hydrogens is 326 g/mol. The van der Waals surface area contributed by atoms with E-state index in [4.69, 9.17) is 4.42 Å². The van der Waals surface area contributed by atoms with Gasteiger partial charge in [-0.25, -0.2) is 0 Å². The molecule has 2 aliphatic carbocycles. The number of likely N-dealkylation sites (tertiary alicyclic amines) is 1. The Hall–Kier alpha value is -1.39. The van der Waals surface area contributed by atoms with Crippen molar-refractivity contribution in [2.75, 3.05) is 13.1 Å². The molecule has 1 aromatic rings. The molecule has 1 aromatic heterocycles. The van der Waals surface area contributed by atoms with E-state index in [1.54, 1.807) is 0 Å². The molecule has 5 nitrogen and oxygen atoms in total. The molecule has 26 heavy (non-hydrogen) atoms.